The monoisotopic (exact) mass is 390 g/mol. The van der Waals surface area contributed by atoms with E-state index in [9.17, 15) is 9.00 Å². The molecule has 2 rings (SSSR count). The van der Waals surface area contributed by atoms with E-state index in [-0.39, 0.29) is 36.0 Å². The van der Waals surface area contributed by atoms with Gasteiger partial charge in [-0.25, -0.2) is 0 Å². The van der Waals surface area contributed by atoms with Crippen molar-refractivity contribution in [1.82, 2.24) is 5.32 Å². The number of halogens is 1. The number of amides is 1. The molecule has 142 valence electrons. The van der Waals surface area contributed by atoms with Gasteiger partial charge in [-0.2, -0.15) is 0 Å². The lowest BCUT2D eigenvalue weighted by molar-refractivity contribution is -0.122. The van der Waals surface area contributed by atoms with E-state index in [1.807, 2.05) is 13.8 Å². The van der Waals surface area contributed by atoms with E-state index in [1.54, 1.807) is 18.2 Å². The summed E-state index contributed by atoms with van der Waals surface area (Å²) in [5.74, 6) is 1.42. The minimum Gasteiger partial charge on any atom is -0.486 e. The second-order valence-electron chi connectivity index (χ2n) is 5.84. The number of nitrogens with one attached hydrogen (secondary N) is 1. The van der Waals surface area contributed by atoms with E-state index < -0.39 is 10.8 Å². The minimum absolute atomic E-state index is 0. The normalized spacial score (nSPS) is 14.4. The second kappa shape index (κ2) is 9.99. The SMILES string of the molecule is CCC(CC)(CN)NC(=O)CCS(=O)c1ccc2c(c1)OCCO2.Cl. The van der Waals surface area contributed by atoms with Crippen LogP contribution >= 0.6 is 12.4 Å². The topological polar surface area (TPSA) is 90.7 Å². The molecule has 25 heavy (non-hydrogen) atoms. The van der Waals surface area contributed by atoms with Crippen LogP contribution in [0, 0.1) is 0 Å². The number of fused-ring (bicyclic) bond motifs is 1. The van der Waals surface area contributed by atoms with E-state index in [2.05, 4.69) is 5.32 Å². The first-order valence-corrected chi connectivity index (χ1v) is 9.64. The molecule has 0 aliphatic carbocycles. The summed E-state index contributed by atoms with van der Waals surface area (Å²) >= 11 is 0. The Balaban J connectivity index is 0.00000312. The van der Waals surface area contributed by atoms with E-state index in [1.165, 1.54) is 0 Å². The number of nitrogens with two attached hydrogens (primary N) is 1. The molecule has 1 heterocycles. The molecule has 1 amide bonds. The molecule has 1 aromatic carbocycles. The number of ether oxygens (including phenoxy) is 2. The highest BCUT2D eigenvalue weighted by molar-refractivity contribution is 7.85. The van der Waals surface area contributed by atoms with Gasteiger partial charge < -0.3 is 20.5 Å². The number of carbonyl (C=O) groups excluding carboxylic acids is 1. The van der Waals surface area contributed by atoms with Crippen molar-refractivity contribution in [3.63, 3.8) is 0 Å². The van der Waals surface area contributed by atoms with Crippen molar-refractivity contribution in [1.29, 1.82) is 0 Å². The van der Waals surface area contributed by atoms with Gasteiger partial charge in [-0.3, -0.25) is 9.00 Å². The third-order valence-electron chi connectivity index (χ3n) is 4.44. The third-order valence-corrected chi connectivity index (χ3v) is 5.79. The zero-order valence-corrected chi connectivity index (χ0v) is 16.3. The highest BCUT2D eigenvalue weighted by Gasteiger charge is 2.26. The molecular formula is C17H27ClN2O4S. The molecule has 0 spiro atoms. The average Bonchev–Trinajstić information content (AvgIpc) is 2.64. The maximum absolute atomic E-state index is 12.4. The van der Waals surface area contributed by atoms with Crippen molar-refractivity contribution >= 4 is 29.1 Å². The Hall–Kier alpha value is -1.31. The third kappa shape index (κ3) is 5.59. The summed E-state index contributed by atoms with van der Waals surface area (Å²) in [7, 11) is -1.26. The summed E-state index contributed by atoms with van der Waals surface area (Å²) in [6.07, 6.45) is 1.75. The highest BCUT2D eigenvalue weighted by Crippen LogP contribution is 2.31. The van der Waals surface area contributed by atoms with Gasteiger partial charge in [0.15, 0.2) is 11.5 Å². The lowest BCUT2D eigenvalue weighted by Gasteiger charge is -2.31. The Morgan fingerprint density at radius 3 is 2.48 bits per heavy atom. The zero-order chi connectivity index (χ0) is 17.6. The van der Waals surface area contributed by atoms with Crippen LogP contribution in [-0.2, 0) is 15.6 Å². The first kappa shape index (κ1) is 21.7. The Bertz CT molecular complexity index is 600. The smallest absolute Gasteiger partial charge is 0.221 e. The van der Waals surface area contributed by atoms with Gasteiger partial charge in [0.05, 0.1) is 16.3 Å². The van der Waals surface area contributed by atoms with Crippen LogP contribution in [0.5, 0.6) is 11.5 Å². The number of rotatable bonds is 8. The van der Waals surface area contributed by atoms with Gasteiger partial charge in [0.1, 0.15) is 13.2 Å². The summed E-state index contributed by atoms with van der Waals surface area (Å²) in [5, 5.41) is 2.99. The van der Waals surface area contributed by atoms with Crippen molar-refractivity contribution < 1.29 is 18.5 Å². The largest absolute Gasteiger partial charge is 0.486 e. The van der Waals surface area contributed by atoms with E-state index in [0.717, 1.165) is 12.8 Å². The van der Waals surface area contributed by atoms with Crippen LogP contribution < -0.4 is 20.5 Å². The Kier molecular flexibility index (Phi) is 8.68. The Labute approximate surface area is 157 Å². The van der Waals surface area contributed by atoms with Gasteiger partial charge in [-0.15, -0.1) is 12.4 Å². The molecule has 1 unspecified atom stereocenters. The van der Waals surface area contributed by atoms with Crippen molar-refractivity contribution in [3.05, 3.63) is 18.2 Å². The molecule has 1 aliphatic heterocycles. The zero-order valence-electron chi connectivity index (χ0n) is 14.7. The maximum Gasteiger partial charge on any atom is 0.221 e. The number of benzene rings is 1. The summed E-state index contributed by atoms with van der Waals surface area (Å²) < 4.78 is 23.4. The lowest BCUT2D eigenvalue weighted by Crippen LogP contribution is -2.53. The molecule has 0 radical (unpaired) electrons. The standard InChI is InChI=1S/C17H26N2O4S.ClH/c1-3-17(4-2,12-18)19-16(20)7-10-24(21)13-5-6-14-15(11-13)23-9-8-22-14;/h5-6,11H,3-4,7-10,12,18H2,1-2H3,(H,19,20);1H. The van der Waals surface area contributed by atoms with Crippen molar-refractivity contribution in [2.24, 2.45) is 5.73 Å². The van der Waals surface area contributed by atoms with Crippen molar-refractivity contribution in [3.8, 4) is 11.5 Å². The average molecular weight is 391 g/mol. The van der Waals surface area contributed by atoms with Gasteiger partial charge in [0.2, 0.25) is 5.91 Å². The van der Waals surface area contributed by atoms with Gasteiger partial charge in [0, 0.05) is 29.7 Å². The molecule has 3 N–H and O–H groups in total. The van der Waals surface area contributed by atoms with Crippen LogP contribution in [0.1, 0.15) is 33.1 Å². The first-order valence-electron chi connectivity index (χ1n) is 8.32. The fourth-order valence-electron chi connectivity index (χ4n) is 2.59. The number of hydrogen-bond acceptors (Lipinski definition) is 5. The van der Waals surface area contributed by atoms with Crippen LogP contribution in [0.3, 0.4) is 0 Å². The molecule has 0 aromatic heterocycles. The summed E-state index contributed by atoms with van der Waals surface area (Å²) in [6.45, 7) is 5.42. The molecule has 0 fully saturated rings. The molecule has 1 aromatic rings. The van der Waals surface area contributed by atoms with Crippen LogP contribution in [-0.4, -0.2) is 41.2 Å². The Morgan fingerprint density at radius 1 is 1.24 bits per heavy atom. The predicted octanol–water partition coefficient (Wildman–Crippen LogP) is 2.01. The van der Waals surface area contributed by atoms with Crippen LogP contribution in [0.2, 0.25) is 0 Å². The fraction of sp³-hybridized carbons (Fsp3) is 0.588. The van der Waals surface area contributed by atoms with Crippen molar-refractivity contribution in [2.45, 2.75) is 43.5 Å². The quantitative estimate of drug-likeness (QED) is 0.708. The lowest BCUT2D eigenvalue weighted by atomic mass is 9.93. The van der Waals surface area contributed by atoms with Crippen LogP contribution in [0.25, 0.3) is 0 Å². The molecule has 1 aliphatic rings. The van der Waals surface area contributed by atoms with Gasteiger partial charge >= 0.3 is 0 Å². The van der Waals surface area contributed by atoms with E-state index in [4.69, 9.17) is 15.2 Å². The summed E-state index contributed by atoms with van der Waals surface area (Å²) in [6, 6.07) is 5.24. The predicted molar refractivity (Wildman–Crippen MR) is 101 cm³/mol. The van der Waals surface area contributed by atoms with E-state index >= 15 is 0 Å². The highest BCUT2D eigenvalue weighted by atomic mass is 35.5. The second-order valence-corrected chi connectivity index (χ2v) is 7.42. The Morgan fingerprint density at radius 2 is 1.88 bits per heavy atom. The maximum atomic E-state index is 12.4. The molecule has 0 saturated heterocycles. The molecule has 0 bridgehead atoms. The number of carbonyl (C=O) groups is 1. The molecule has 8 heteroatoms. The molecule has 6 nitrogen and oxygen atoms in total. The van der Waals surface area contributed by atoms with E-state index in [0.29, 0.717) is 36.2 Å². The molecular weight excluding hydrogens is 364 g/mol. The van der Waals surface area contributed by atoms with Crippen LogP contribution in [0.15, 0.2) is 23.1 Å². The minimum atomic E-state index is -1.26. The first-order chi connectivity index (χ1) is 11.5. The van der Waals surface area contributed by atoms with Gasteiger partial charge in [0.25, 0.3) is 0 Å². The summed E-state index contributed by atoms with van der Waals surface area (Å²) in [4.78, 5) is 12.8. The van der Waals surface area contributed by atoms with Crippen LogP contribution in [0.4, 0.5) is 0 Å². The van der Waals surface area contributed by atoms with Gasteiger partial charge in [-0.05, 0) is 25.0 Å². The number of hydrogen-bond donors (Lipinski definition) is 2. The molecule has 0 saturated carbocycles. The molecule has 1 atom stereocenters. The summed E-state index contributed by atoms with van der Waals surface area (Å²) in [5.41, 5.74) is 5.42. The fourth-order valence-corrected chi connectivity index (χ4v) is 3.66. The van der Waals surface area contributed by atoms with Crippen molar-refractivity contribution in [2.75, 3.05) is 25.5 Å². The van der Waals surface area contributed by atoms with Gasteiger partial charge in [-0.1, -0.05) is 13.8 Å².